The summed E-state index contributed by atoms with van der Waals surface area (Å²) in [5.41, 5.74) is 0.440. The standard InChI is InChI=1S/C15H13FO3/c1-9-13(19-2)8-7-11(14(9)17)15(18)10-5-3-4-6-12(10)16/h3-8,17H,1-2H3. The Morgan fingerprint density at radius 3 is 2.47 bits per heavy atom. The van der Waals surface area contributed by atoms with Crippen molar-refractivity contribution in [1.29, 1.82) is 0 Å². The van der Waals surface area contributed by atoms with Gasteiger partial charge in [0.05, 0.1) is 18.2 Å². The highest BCUT2D eigenvalue weighted by atomic mass is 19.1. The van der Waals surface area contributed by atoms with Crippen LogP contribution in [0.3, 0.4) is 0 Å². The van der Waals surface area contributed by atoms with Gasteiger partial charge in [0.2, 0.25) is 0 Å². The van der Waals surface area contributed by atoms with Crippen LogP contribution in [-0.2, 0) is 0 Å². The Bertz CT molecular complexity index is 635. The second-order valence-corrected chi connectivity index (χ2v) is 4.10. The molecule has 0 unspecified atom stereocenters. The highest BCUT2D eigenvalue weighted by molar-refractivity contribution is 6.11. The zero-order valence-electron chi connectivity index (χ0n) is 10.6. The molecular formula is C15H13FO3. The van der Waals surface area contributed by atoms with E-state index in [9.17, 15) is 14.3 Å². The molecule has 0 aliphatic heterocycles. The molecule has 4 heteroatoms. The van der Waals surface area contributed by atoms with Crippen molar-refractivity contribution >= 4 is 5.78 Å². The summed E-state index contributed by atoms with van der Waals surface area (Å²) < 4.78 is 18.6. The van der Waals surface area contributed by atoms with E-state index in [1.54, 1.807) is 19.1 Å². The van der Waals surface area contributed by atoms with Gasteiger partial charge in [-0.05, 0) is 31.2 Å². The number of benzene rings is 2. The first-order valence-electron chi connectivity index (χ1n) is 5.72. The molecule has 0 fully saturated rings. The van der Waals surface area contributed by atoms with Gasteiger partial charge in [0.25, 0.3) is 0 Å². The van der Waals surface area contributed by atoms with Gasteiger partial charge in [-0.25, -0.2) is 4.39 Å². The Hall–Kier alpha value is -2.36. The van der Waals surface area contributed by atoms with Gasteiger partial charge >= 0.3 is 0 Å². The van der Waals surface area contributed by atoms with Gasteiger partial charge in [-0.15, -0.1) is 0 Å². The summed E-state index contributed by atoms with van der Waals surface area (Å²) in [5, 5.41) is 10.0. The highest BCUT2D eigenvalue weighted by Crippen LogP contribution is 2.31. The van der Waals surface area contributed by atoms with Crippen LogP contribution in [0.25, 0.3) is 0 Å². The van der Waals surface area contributed by atoms with E-state index in [1.165, 1.54) is 31.4 Å². The maximum Gasteiger partial charge on any atom is 0.199 e. The molecule has 3 nitrogen and oxygen atoms in total. The predicted molar refractivity (Wildman–Crippen MR) is 69.2 cm³/mol. The molecule has 98 valence electrons. The molecule has 2 rings (SSSR count). The van der Waals surface area contributed by atoms with Crippen molar-refractivity contribution in [2.75, 3.05) is 7.11 Å². The van der Waals surface area contributed by atoms with Crippen LogP contribution in [0.2, 0.25) is 0 Å². The number of ether oxygens (including phenoxy) is 1. The number of ketones is 1. The van der Waals surface area contributed by atoms with E-state index < -0.39 is 11.6 Å². The van der Waals surface area contributed by atoms with Gasteiger partial charge in [0.1, 0.15) is 17.3 Å². The van der Waals surface area contributed by atoms with Crippen LogP contribution in [0.4, 0.5) is 4.39 Å². The molecule has 0 bridgehead atoms. The zero-order valence-corrected chi connectivity index (χ0v) is 10.6. The topological polar surface area (TPSA) is 46.5 Å². The normalized spacial score (nSPS) is 10.3. The maximum atomic E-state index is 13.6. The van der Waals surface area contributed by atoms with E-state index in [4.69, 9.17) is 4.74 Å². The summed E-state index contributed by atoms with van der Waals surface area (Å²) >= 11 is 0. The first kappa shape index (κ1) is 13.1. The molecule has 0 amide bonds. The molecule has 0 heterocycles. The van der Waals surface area contributed by atoms with E-state index in [-0.39, 0.29) is 16.9 Å². The third kappa shape index (κ3) is 2.29. The summed E-state index contributed by atoms with van der Waals surface area (Å²) in [5.74, 6) is -0.878. The number of rotatable bonds is 3. The molecule has 0 atom stereocenters. The Labute approximate surface area is 110 Å². The first-order chi connectivity index (χ1) is 9.06. The van der Waals surface area contributed by atoms with Crippen LogP contribution in [0, 0.1) is 12.7 Å². The zero-order chi connectivity index (χ0) is 14.0. The second-order valence-electron chi connectivity index (χ2n) is 4.10. The lowest BCUT2D eigenvalue weighted by molar-refractivity contribution is 0.103. The average molecular weight is 260 g/mol. The number of hydrogen-bond donors (Lipinski definition) is 1. The molecule has 0 aromatic heterocycles. The van der Waals surface area contributed by atoms with Gasteiger partial charge in [0, 0.05) is 5.56 Å². The maximum absolute atomic E-state index is 13.6. The average Bonchev–Trinajstić information content (AvgIpc) is 2.41. The molecule has 0 aliphatic rings. The fourth-order valence-electron chi connectivity index (χ4n) is 1.88. The van der Waals surface area contributed by atoms with Gasteiger partial charge < -0.3 is 9.84 Å². The fraction of sp³-hybridized carbons (Fsp3) is 0.133. The smallest absolute Gasteiger partial charge is 0.199 e. The lowest BCUT2D eigenvalue weighted by Crippen LogP contribution is -2.05. The monoisotopic (exact) mass is 260 g/mol. The molecule has 0 radical (unpaired) electrons. The van der Waals surface area contributed by atoms with E-state index in [1.807, 2.05) is 0 Å². The van der Waals surface area contributed by atoms with Crippen LogP contribution in [0.5, 0.6) is 11.5 Å². The number of phenols is 1. The molecule has 2 aromatic rings. The van der Waals surface area contributed by atoms with Crippen molar-refractivity contribution in [2.24, 2.45) is 0 Å². The number of carbonyl (C=O) groups excluding carboxylic acids is 1. The Morgan fingerprint density at radius 2 is 1.84 bits per heavy atom. The van der Waals surface area contributed by atoms with Gasteiger partial charge in [-0.3, -0.25) is 4.79 Å². The number of aromatic hydroxyl groups is 1. The third-order valence-electron chi connectivity index (χ3n) is 2.96. The summed E-state index contributed by atoms with van der Waals surface area (Å²) in [7, 11) is 1.47. The van der Waals surface area contributed by atoms with Crippen molar-refractivity contribution in [1.82, 2.24) is 0 Å². The first-order valence-corrected chi connectivity index (χ1v) is 5.72. The Morgan fingerprint density at radius 1 is 1.16 bits per heavy atom. The molecule has 0 aliphatic carbocycles. The van der Waals surface area contributed by atoms with Crippen molar-refractivity contribution in [2.45, 2.75) is 6.92 Å². The van der Waals surface area contributed by atoms with Crippen molar-refractivity contribution in [3.8, 4) is 11.5 Å². The lowest BCUT2D eigenvalue weighted by atomic mass is 9.99. The van der Waals surface area contributed by atoms with E-state index in [2.05, 4.69) is 0 Å². The van der Waals surface area contributed by atoms with Crippen LogP contribution >= 0.6 is 0 Å². The minimum Gasteiger partial charge on any atom is -0.507 e. The molecule has 19 heavy (non-hydrogen) atoms. The van der Waals surface area contributed by atoms with Gasteiger partial charge in [0.15, 0.2) is 5.78 Å². The minimum absolute atomic E-state index is 0.0587. The third-order valence-corrected chi connectivity index (χ3v) is 2.96. The van der Waals surface area contributed by atoms with Crippen LogP contribution in [-0.4, -0.2) is 18.0 Å². The van der Waals surface area contributed by atoms with Crippen molar-refractivity contribution in [3.05, 3.63) is 58.9 Å². The molecule has 2 aromatic carbocycles. The number of phenolic OH excluding ortho intramolecular Hbond substituents is 1. The van der Waals surface area contributed by atoms with E-state index in [0.717, 1.165) is 0 Å². The summed E-state index contributed by atoms with van der Waals surface area (Å²) in [6.45, 7) is 1.63. The Kier molecular flexibility index (Phi) is 3.51. The van der Waals surface area contributed by atoms with Crippen molar-refractivity contribution in [3.63, 3.8) is 0 Å². The number of hydrogen-bond acceptors (Lipinski definition) is 3. The van der Waals surface area contributed by atoms with E-state index >= 15 is 0 Å². The SMILES string of the molecule is COc1ccc(C(=O)c2ccccc2F)c(O)c1C. The number of methoxy groups -OCH3 is 1. The van der Waals surface area contributed by atoms with Crippen molar-refractivity contribution < 1.29 is 19.0 Å². The van der Waals surface area contributed by atoms with Crippen LogP contribution in [0.1, 0.15) is 21.5 Å². The van der Waals surface area contributed by atoms with Crippen LogP contribution < -0.4 is 4.74 Å². The fourth-order valence-corrected chi connectivity index (χ4v) is 1.88. The summed E-state index contributed by atoms with van der Waals surface area (Å²) in [4.78, 5) is 12.2. The minimum atomic E-state index is -0.611. The second kappa shape index (κ2) is 5.10. The molecule has 0 spiro atoms. The Balaban J connectivity index is 2.52. The van der Waals surface area contributed by atoms with E-state index in [0.29, 0.717) is 11.3 Å². The molecule has 1 N–H and O–H groups in total. The number of halogens is 1. The van der Waals surface area contributed by atoms with Gasteiger partial charge in [-0.1, -0.05) is 12.1 Å². The lowest BCUT2D eigenvalue weighted by Gasteiger charge is -2.10. The summed E-state index contributed by atoms with van der Waals surface area (Å²) in [6.07, 6.45) is 0. The highest BCUT2D eigenvalue weighted by Gasteiger charge is 2.19. The molecule has 0 saturated carbocycles. The molecule has 0 saturated heterocycles. The summed E-state index contributed by atoms with van der Waals surface area (Å²) in [6, 6.07) is 8.67. The van der Waals surface area contributed by atoms with Gasteiger partial charge in [-0.2, -0.15) is 0 Å². The predicted octanol–water partition coefficient (Wildman–Crippen LogP) is 3.08. The molecular weight excluding hydrogens is 247 g/mol. The quantitative estimate of drug-likeness (QED) is 0.863. The number of carbonyl (C=O) groups is 1. The largest absolute Gasteiger partial charge is 0.507 e. The van der Waals surface area contributed by atoms with Crippen LogP contribution in [0.15, 0.2) is 36.4 Å².